The molecule has 0 bridgehead atoms. The van der Waals surface area contributed by atoms with Gasteiger partial charge < -0.3 is 14.5 Å². The van der Waals surface area contributed by atoms with Crippen molar-refractivity contribution in [3.8, 4) is 5.75 Å². The molecule has 0 aliphatic heterocycles. The fourth-order valence-corrected chi connectivity index (χ4v) is 1.41. The zero-order chi connectivity index (χ0) is 13.0. The van der Waals surface area contributed by atoms with E-state index in [1.165, 1.54) is 12.7 Å². The summed E-state index contributed by atoms with van der Waals surface area (Å²) in [5.41, 5.74) is 0.927. The summed E-state index contributed by atoms with van der Waals surface area (Å²) in [5.74, 6) is 0.464. The van der Waals surface area contributed by atoms with Crippen LogP contribution in [0.4, 0.5) is 5.69 Å². The smallest absolute Gasteiger partial charge is 0.277 e. The van der Waals surface area contributed by atoms with Crippen LogP contribution in [0.2, 0.25) is 0 Å². The minimum atomic E-state index is -0.304. The number of carbonyl (C=O) groups is 1. The van der Waals surface area contributed by atoms with Gasteiger partial charge in [0.15, 0.2) is 12.1 Å². The third kappa shape index (κ3) is 3.10. The largest absolute Gasteiger partial charge is 0.491 e. The van der Waals surface area contributed by atoms with Gasteiger partial charge in [0, 0.05) is 5.69 Å². The molecule has 0 saturated carbocycles. The fourth-order valence-electron chi connectivity index (χ4n) is 1.41. The molecule has 18 heavy (non-hydrogen) atoms. The maximum Gasteiger partial charge on any atom is 0.277 e. The standard InChI is InChI=1S/C13H14N2O3/c1-9(2)18-11-5-3-10(4-6-11)15-13(16)12-7-17-8-14-12/h3-9H,1-2H3,(H,15,16). The van der Waals surface area contributed by atoms with Crippen molar-refractivity contribution >= 4 is 11.6 Å². The first kappa shape index (κ1) is 12.2. The van der Waals surface area contributed by atoms with Crippen molar-refractivity contribution in [3.63, 3.8) is 0 Å². The van der Waals surface area contributed by atoms with Crippen LogP contribution >= 0.6 is 0 Å². The zero-order valence-corrected chi connectivity index (χ0v) is 10.2. The molecule has 0 fully saturated rings. The lowest BCUT2D eigenvalue weighted by molar-refractivity contribution is 0.102. The first-order valence-corrected chi connectivity index (χ1v) is 5.61. The second-order valence-electron chi connectivity index (χ2n) is 4.02. The lowest BCUT2D eigenvalue weighted by Crippen LogP contribution is -2.12. The molecule has 0 radical (unpaired) electrons. The molecule has 1 aromatic carbocycles. The van der Waals surface area contributed by atoms with Crippen molar-refractivity contribution in [2.45, 2.75) is 20.0 Å². The third-order valence-electron chi connectivity index (χ3n) is 2.15. The summed E-state index contributed by atoms with van der Waals surface area (Å²) in [6.45, 7) is 3.92. The number of oxazole rings is 1. The Balaban J connectivity index is 2.00. The first-order chi connectivity index (χ1) is 8.65. The zero-order valence-electron chi connectivity index (χ0n) is 10.2. The van der Waals surface area contributed by atoms with E-state index in [2.05, 4.69) is 10.3 Å². The highest BCUT2D eigenvalue weighted by Crippen LogP contribution is 2.17. The summed E-state index contributed by atoms with van der Waals surface area (Å²) in [5, 5.41) is 2.71. The molecule has 0 spiro atoms. The van der Waals surface area contributed by atoms with Gasteiger partial charge >= 0.3 is 0 Å². The van der Waals surface area contributed by atoms with Gasteiger partial charge in [-0.05, 0) is 38.1 Å². The maximum absolute atomic E-state index is 11.7. The Morgan fingerprint density at radius 1 is 1.33 bits per heavy atom. The van der Waals surface area contributed by atoms with Crippen molar-refractivity contribution in [1.82, 2.24) is 4.98 Å². The third-order valence-corrected chi connectivity index (χ3v) is 2.15. The summed E-state index contributed by atoms with van der Waals surface area (Å²) in [6.07, 6.45) is 2.64. The van der Waals surface area contributed by atoms with Crippen molar-refractivity contribution in [3.05, 3.63) is 42.6 Å². The molecule has 94 valence electrons. The van der Waals surface area contributed by atoms with E-state index in [1.807, 2.05) is 13.8 Å². The molecule has 1 aromatic heterocycles. The van der Waals surface area contributed by atoms with E-state index in [0.717, 1.165) is 5.75 Å². The fraction of sp³-hybridized carbons (Fsp3) is 0.231. The predicted octanol–water partition coefficient (Wildman–Crippen LogP) is 2.71. The number of anilines is 1. The Morgan fingerprint density at radius 3 is 2.61 bits per heavy atom. The highest BCUT2D eigenvalue weighted by Gasteiger charge is 2.08. The topological polar surface area (TPSA) is 64.4 Å². The van der Waals surface area contributed by atoms with Gasteiger partial charge in [0.05, 0.1) is 6.10 Å². The normalized spacial score (nSPS) is 10.4. The molecule has 0 atom stereocenters. The van der Waals surface area contributed by atoms with E-state index in [4.69, 9.17) is 9.15 Å². The van der Waals surface area contributed by atoms with Crippen LogP contribution in [0, 0.1) is 0 Å². The van der Waals surface area contributed by atoms with Crippen LogP contribution in [-0.2, 0) is 0 Å². The molecule has 0 aliphatic carbocycles. The summed E-state index contributed by atoms with van der Waals surface area (Å²) in [6, 6.07) is 7.15. The first-order valence-electron chi connectivity index (χ1n) is 5.61. The highest BCUT2D eigenvalue weighted by atomic mass is 16.5. The van der Waals surface area contributed by atoms with Crippen LogP contribution < -0.4 is 10.1 Å². The monoisotopic (exact) mass is 246 g/mol. The quantitative estimate of drug-likeness (QED) is 0.900. The molecular formula is C13H14N2O3. The molecule has 2 rings (SSSR count). The van der Waals surface area contributed by atoms with Gasteiger partial charge in [0.1, 0.15) is 12.0 Å². The Morgan fingerprint density at radius 2 is 2.06 bits per heavy atom. The average Bonchev–Trinajstić information content (AvgIpc) is 2.84. The minimum absolute atomic E-state index is 0.126. The van der Waals surface area contributed by atoms with Crippen LogP contribution in [0.3, 0.4) is 0 Å². The lowest BCUT2D eigenvalue weighted by atomic mass is 10.3. The number of ether oxygens (including phenoxy) is 1. The van der Waals surface area contributed by atoms with Crippen molar-refractivity contribution in [2.24, 2.45) is 0 Å². The van der Waals surface area contributed by atoms with E-state index in [9.17, 15) is 4.79 Å². The second-order valence-corrected chi connectivity index (χ2v) is 4.02. The van der Waals surface area contributed by atoms with Gasteiger partial charge in [0.25, 0.3) is 5.91 Å². The molecule has 5 nitrogen and oxygen atoms in total. The van der Waals surface area contributed by atoms with E-state index in [-0.39, 0.29) is 17.7 Å². The number of rotatable bonds is 4. The van der Waals surface area contributed by atoms with Crippen LogP contribution in [-0.4, -0.2) is 17.0 Å². The molecule has 0 aliphatic rings. The molecular weight excluding hydrogens is 232 g/mol. The van der Waals surface area contributed by atoms with E-state index in [0.29, 0.717) is 5.69 Å². The second kappa shape index (κ2) is 5.35. The molecule has 1 heterocycles. The molecule has 0 unspecified atom stereocenters. The SMILES string of the molecule is CC(C)Oc1ccc(NC(=O)c2cocn2)cc1. The number of aromatic nitrogens is 1. The van der Waals surface area contributed by atoms with Crippen molar-refractivity contribution < 1.29 is 13.9 Å². The van der Waals surface area contributed by atoms with Crippen molar-refractivity contribution in [1.29, 1.82) is 0 Å². The molecule has 5 heteroatoms. The molecule has 1 amide bonds. The maximum atomic E-state index is 11.7. The molecule has 0 saturated heterocycles. The van der Waals surface area contributed by atoms with Gasteiger partial charge in [-0.25, -0.2) is 4.98 Å². The number of benzene rings is 1. The molecule has 1 N–H and O–H groups in total. The number of amides is 1. The van der Waals surface area contributed by atoms with Gasteiger partial charge in [-0.3, -0.25) is 4.79 Å². The van der Waals surface area contributed by atoms with E-state index >= 15 is 0 Å². The summed E-state index contributed by atoms with van der Waals surface area (Å²) < 4.78 is 10.3. The van der Waals surface area contributed by atoms with Crippen LogP contribution in [0.15, 0.2) is 41.3 Å². The number of nitrogens with one attached hydrogen (secondary N) is 1. The van der Waals surface area contributed by atoms with Crippen LogP contribution in [0.1, 0.15) is 24.3 Å². The van der Waals surface area contributed by atoms with Gasteiger partial charge in [0.2, 0.25) is 0 Å². The van der Waals surface area contributed by atoms with Crippen LogP contribution in [0.25, 0.3) is 0 Å². The summed E-state index contributed by atoms with van der Waals surface area (Å²) in [4.78, 5) is 15.4. The van der Waals surface area contributed by atoms with Gasteiger partial charge in [-0.15, -0.1) is 0 Å². The number of nitrogens with zero attached hydrogens (tertiary/aromatic N) is 1. The van der Waals surface area contributed by atoms with Gasteiger partial charge in [-0.2, -0.15) is 0 Å². The Hall–Kier alpha value is -2.30. The number of hydrogen-bond donors (Lipinski definition) is 1. The minimum Gasteiger partial charge on any atom is -0.491 e. The van der Waals surface area contributed by atoms with Crippen molar-refractivity contribution in [2.75, 3.05) is 5.32 Å². The number of hydrogen-bond acceptors (Lipinski definition) is 4. The van der Waals surface area contributed by atoms with Gasteiger partial charge in [-0.1, -0.05) is 0 Å². The lowest BCUT2D eigenvalue weighted by Gasteiger charge is -2.10. The summed E-state index contributed by atoms with van der Waals surface area (Å²) >= 11 is 0. The Kier molecular flexibility index (Phi) is 3.62. The Bertz CT molecular complexity index is 504. The average molecular weight is 246 g/mol. The van der Waals surface area contributed by atoms with Crippen LogP contribution in [0.5, 0.6) is 5.75 Å². The number of carbonyl (C=O) groups excluding carboxylic acids is 1. The summed E-state index contributed by atoms with van der Waals surface area (Å²) in [7, 11) is 0. The van der Waals surface area contributed by atoms with E-state index < -0.39 is 0 Å². The molecule has 2 aromatic rings. The predicted molar refractivity (Wildman–Crippen MR) is 66.7 cm³/mol. The van der Waals surface area contributed by atoms with E-state index in [1.54, 1.807) is 24.3 Å². The highest BCUT2D eigenvalue weighted by molar-refractivity contribution is 6.02. The Labute approximate surface area is 105 Å².